The van der Waals surface area contributed by atoms with E-state index in [1.54, 1.807) is 12.1 Å². The largest absolute Gasteiger partial charge is 0.316 e. The van der Waals surface area contributed by atoms with Gasteiger partial charge in [0.05, 0.1) is 11.4 Å². The molecule has 0 spiro atoms. The third-order valence-electron chi connectivity index (χ3n) is 2.17. The number of alkyl halides is 2. The minimum absolute atomic E-state index is 0.103. The monoisotopic (exact) mass is 310 g/mol. The van der Waals surface area contributed by atoms with Gasteiger partial charge in [-0.1, -0.05) is 30.8 Å². The molecule has 0 saturated heterocycles. The van der Waals surface area contributed by atoms with Crippen LogP contribution in [0.5, 0.6) is 0 Å². The predicted octanol–water partition coefficient (Wildman–Crippen LogP) is 2.35. The normalized spacial score (nSPS) is 11.8. The fourth-order valence-corrected chi connectivity index (χ4v) is 3.04. The first-order valence-corrected chi connectivity index (χ1v) is 8.23. The van der Waals surface area contributed by atoms with Crippen molar-refractivity contribution in [3.63, 3.8) is 0 Å². The topological polar surface area (TPSA) is 58.2 Å². The van der Waals surface area contributed by atoms with Crippen molar-refractivity contribution in [3.05, 3.63) is 24.3 Å². The van der Waals surface area contributed by atoms with Gasteiger partial charge in [0.15, 0.2) is 0 Å². The molecule has 108 valence electrons. The molecule has 0 bridgehead atoms. The van der Waals surface area contributed by atoms with Gasteiger partial charge in [0.25, 0.3) is 5.76 Å². The molecule has 0 aromatic heterocycles. The third-order valence-corrected chi connectivity index (χ3v) is 4.23. The van der Waals surface area contributed by atoms with Crippen molar-refractivity contribution >= 4 is 27.5 Å². The van der Waals surface area contributed by atoms with E-state index in [1.807, 2.05) is 6.92 Å². The third kappa shape index (κ3) is 6.22. The average molecular weight is 310 g/mol. The van der Waals surface area contributed by atoms with Crippen LogP contribution in [0, 0.1) is 0 Å². The molecule has 0 atom stereocenters. The van der Waals surface area contributed by atoms with E-state index in [2.05, 4.69) is 10.0 Å². The van der Waals surface area contributed by atoms with Gasteiger partial charge in [-0.25, -0.2) is 8.42 Å². The molecule has 4 nitrogen and oxygen atoms in total. The molecule has 0 aliphatic rings. The van der Waals surface area contributed by atoms with Gasteiger partial charge >= 0.3 is 0 Å². The average Bonchev–Trinajstić information content (AvgIpc) is 2.31. The van der Waals surface area contributed by atoms with E-state index in [4.69, 9.17) is 0 Å². The Kier molecular flexibility index (Phi) is 6.53. The number of benzene rings is 1. The zero-order valence-electron chi connectivity index (χ0n) is 10.4. The van der Waals surface area contributed by atoms with Crippen molar-refractivity contribution in [2.45, 2.75) is 17.6 Å². The van der Waals surface area contributed by atoms with Crippen LogP contribution in [0.4, 0.5) is 14.5 Å². The Hall–Kier alpha value is -0.860. The van der Waals surface area contributed by atoms with Gasteiger partial charge in [0, 0.05) is 11.4 Å². The van der Waals surface area contributed by atoms with Crippen molar-refractivity contribution in [3.8, 4) is 0 Å². The molecular formula is C11H16F2N2O2S2. The number of anilines is 1. The van der Waals surface area contributed by atoms with Gasteiger partial charge in [-0.2, -0.15) is 8.78 Å². The van der Waals surface area contributed by atoms with Crippen LogP contribution in [0.25, 0.3) is 0 Å². The highest BCUT2D eigenvalue weighted by molar-refractivity contribution is 7.99. The van der Waals surface area contributed by atoms with Gasteiger partial charge < -0.3 is 5.32 Å². The van der Waals surface area contributed by atoms with Crippen LogP contribution in [0.15, 0.2) is 29.2 Å². The van der Waals surface area contributed by atoms with E-state index in [1.165, 1.54) is 12.1 Å². The summed E-state index contributed by atoms with van der Waals surface area (Å²) in [5, 5.41) is 2.89. The van der Waals surface area contributed by atoms with E-state index in [0.717, 1.165) is 0 Å². The van der Waals surface area contributed by atoms with Gasteiger partial charge in [-0.3, -0.25) is 4.72 Å². The minimum Gasteiger partial charge on any atom is -0.316 e. The highest BCUT2D eigenvalue weighted by Gasteiger charge is 2.15. The van der Waals surface area contributed by atoms with Crippen molar-refractivity contribution in [2.75, 3.05) is 23.6 Å². The summed E-state index contributed by atoms with van der Waals surface area (Å²) in [5.41, 5.74) is 0.185. The van der Waals surface area contributed by atoms with Crippen LogP contribution >= 0.6 is 11.8 Å². The fourth-order valence-electron chi connectivity index (χ4n) is 1.35. The van der Waals surface area contributed by atoms with E-state index in [0.29, 0.717) is 24.9 Å². The van der Waals surface area contributed by atoms with Gasteiger partial charge in [0.1, 0.15) is 0 Å². The molecule has 0 unspecified atom stereocenters. The van der Waals surface area contributed by atoms with Crippen molar-refractivity contribution in [2.24, 2.45) is 0 Å². The minimum atomic E-state index is -3.54. The second kappa shape index (κ2) is 7.66. The maximum atomic E-state index is 12.4. The second-order valence-corrected chi connectivity index (χ2v) is 6.52. The lowest BCUT2D eigenvalue weighted by atomic mass is 10.3. The van der Waals surface area contributed by atoms with E-state index >= 15 is 0 Å². The number of halogens is 2. The molecular weight excluding hydrogens is 294 g/mol. The molecule has 0 amide bonds. The summed E-state index contributed by atoms with van der Waals surface area (Å²) < 4.78 is 50.6. The summed E-state index contributed by atoms with van der Waals surface area (Å²) >= 11 is 0.318. The summed E-state index contributed by atoms with van der Waals surface area (Å²) in [6.07, 6.45) is 0. The Balaban J connectivity index is 2.75. The molecule has 0 fully saturated rings. The summed E-state index contributed by atoms with van der Waals surface area (Å²) in [4.78, 5) is 0.213. The van der Waals surface area contributed by atoms with E-state index < -0.39 is 15.8 Å². The van der Waals surface area contributed by atoms with Crippen LogP contribution in [-0.2, 0) is 10.0 Å². The number of rotatable bonds is 8. The Morgan fingerprint density at radius 2 is 2.00 bits per heavy atom. The van der Waals surface area contributed by atoms with E-state index in [-0.39, 0.29) is 16.3 Å². The second-order valence-electron chi connectivity index (χ2n) is 3.65. The lowest BCUT2D eigenvalue weighted by Crippen LogP contribution is -2.26. The zero-order chi connectivity index (χ0) is 14.3. The van der Waals surface area contributed by atoms with E-state index in [9.17, 15) is 17.2 Å². The molecule has 0 aliphatic heterocycles. The summed E-state index contributed by atoms with van der Waals surface area (Å²) in [6, 6.07) is 6.10. The predicted molar refractivity (Wildman–Crippen MR) is 74.3 cm³/mol. The van der Waals surface area contributed by atoms with Crippen LogP contribution < -0.4 is 10.0 Å². The number of hydrogen-bond acceptors (Lipinski definition) is 4. The summed E-state index contributed by atoms with van der Waals surface area (Å²) in [6.45, 7) is 2.86. The molecule has 1 rings (SSSR count). The molecule has 1 aromatic rings. The van der Waals surface area contributed by atoms with Crippen LogP contribution in [0.2, 0.25) is 0 Å². The van der Waals surface area contributed by atoms with Crippen LogP contribution in [-0.4, -0.2) is 33.0 Å². The van der Waals surface area contributed by atoms with Crippen LogP contribution in [0.3, 0.4) is 0 Å². The van der Waals surface area contributed by atoms with Crippen LogP contribution in [0.1, 0.15) is 6.92 Å². The Morgan fingerprint density at radius 1 is 1.32 bits per heavy atom. The number of hydrogen-bond donors (Lipinski definition) is 2. The number of nitrogens with one attached hydrogen (secondary N) is 2. The molecule has 2 N–H and O–H groups in total. The first-order valence-electron chi connectivity index (χ1n) is 5.69. The highest BCUT2D eigenvalue weighted by atomic mass is 32.2. The maximum Gasteiger partial charge on any atom is 0.288 e. The first-order chi connectivity index (χ1) is 8.94. The molecule has 8 heteroatoms. The standard InChI is InChI=1S/C11H16F2N2O2S2/c1-2-14-7-8-19(16,17)15-9-5-3-4-6-10(9)18-11(12)13/h3-6,11,14-15H,2,7-8H2,1H3. The molecule has 0 aliphatic carbocycles. The van der Waals surface area contributed by atoms with Gasteiger partial charge in [0.2, 0.25) is 10.0 Å². The number of thioether (sulfide) groups is 1. The SMILES string of the molecule is CCNCCS(=O)(=O)Nc1ccccc1SC(F)F. The smallest absolute Gasteiger partial charge is 0.288 e. The molecule has 0 saturated carbocycles. The van der Waals surface area contributed by atoms with Crippen molar-refractivity contribution in [1.29, 1.82) is 0 Å². The Morgan fingerprint density at radius 3 is 2.63 bits per heavy atom. The van der Waals surface area contributed by atoms with Crippen molar-refractivity contribution < 1.29 is 17.2 Å². The number of para-hydroxylation sites is 1. The quantitative estimate of drug-likeness (QED) is 0.572. The molecule has 0 radical (unpaired) electrons. The fraction of sp³-hybridized carbons (Fsp3) is 0.455. The van der Waals surface area contributed by atoms with Crippen molar-refractivity contribution in [1.82, 2.24) is 5.32 Å². The molecule has 1 aromatic carbocycles. The summed E-state index contributed by atoms with van der Waals surface area (Å²) in [5.74, 6) is -2.69. The first kappa shape index (κ1) is 16.2. The Labute approximate surface area is 116 Å². The maximum absolute atomic E-state index is 12.4. The van der Waals surface area contributed by atoms with Gasteiger partial charge in [-0.05, 0) is 18.7 Å². The van der Waals surface area contributed by atoms with Gasteiger partial charge in [-0.15, -0.1) is 0 Å². The zero-order valence-corrected chi connectivity index (χ0v) is 12.0. The lowest BCUT2D eigenvalue weighted by Gasteiger charge is -2.12. The highest BCUT2D eigenvalue weighted by Crippen LogP contribution is 2.32. The number of sulfonamides is 1. The summed E-state index contributed by atoms with van der Waals surface area (Å²) in [7, 11) is -3.54. The lowest BCUT2D eigenvalue weighted by molar-refractivity contribution is 0.252. The molecule has 0 heterocycles. The molecule has 19 heavy (non-hydrogen) atoms. The Bertz CT molecular complexity index is 495.